The molecule has 4 nitrogen and oxygen atoms in total. The predicted molar refractivity (Wildman–Crippen MR) is 96.4 cm³/mol. The van der Waals surface area contributed by atoms with Crippen LogP contribution in [0.5, 0.6) is 0 Å². The van der Waals surface area contributed by atoms with E-state index in [1.807, 2.05) is 31.2 Å². The second-order valence-electron chi connectivity index (χ2n) is 7.31. The van der Waals surface area contributed by atoms with Crippen LogP contribution in [0.3, 0.4) is 0 Å². The predicted octanol–water partition coefficient (Wildman–Crippen LogP) is 4.33. The Labute approximate surface area is 149 Å². The number of carbonyl (C=O) groups excluding carboxylic acids is 1. The lowest BCUT2D eigenvalue weighted by atomic mass is 9.93. The molecule has 0 aromatic heterocycles. The summed E-state index contributed by atoms with van der Waals surface area (Å²) in [5.74, 6) is -0.0875. The monoisotopic (exact) mass is 350 g/mol. The van der Waals surface area contributed by atoms with E-state index in [-0.39, 0.29) is 22.6 Å². The zero-order chi connectivity index (χ0) is 17.2. The highest BCUT2D eigenvalue weighted by molar-refractivity contribution is 6.30. The van der Waals surface area contributed by atoms with Crippen molar-refractivity contribution in [2.45, 2.75) is 70.0 Å². The Morgan fingerprint density at radius 2 is 1.83 bits per heavy atom. The van der Waals surface area contributed by atoms with E-state index in [4.69, 9.17) is 11.6 Å². The third kappa shape index (κ3) is 3.61. The summed E-state index contributed by atoms with van der Waals surface area (Å²) in [6.45, 7) is 2.55. The normalized spacial score (nSPS) is 29.4. The highest BCUT2D eigenvalue weighted by Crippen LogP contribution is 2.36. The van der Waals surface area contributed by atoms with E-state index in [9.17, 15) is 10.0 Å². The number of rotatable bonds is 4. The molecular weight excluding hydrogens is 324 g/mol. The van der Waals surface area contributed by atoms with Gasteiger partial charge in [0, 0.05) is 17.9 Å². The number of quaternary nitrogens is 1. The third-order valence-corrected chi connectivity index (χ3v) is 5.99. The molecule has 2 fully saturated rings. The van der Waals surface area contributed by atoms with Gasteiger partial charge in [0.15, 0.2) is 6.04 Å². The van der Waals surface area contributed by atoms with Crippen LogP contribution in [0.1, 0.15) is 63.5 Å². The summed E-state index contributed by atoms with van der Waals surface area (Å²) < 4.78 is -0.292. The largest absolute Gasteiger partial charge is 0.632 e. The van der Waals surface area contributed by atoms with E-state index >= 15 is 0 Å². The van der Waals surface area contributed by atoms with E-state index < -0.39 is 6.04 Å². The molecule has 2 aliphatic rings. The Morgan fingerprint density at radius 3 is 2.50 bits per heavy atom. The summed E-state index contributed by atoms with van der Waals surface area (Å²) in [6.07, 6.45) is 6.98. The van der Waals surface area contributed by atoms with Crippen LogP contribution in [-0.4, -0.2) is 29.2 Å². The lowest BCUT2D eigenvalue weighted by Crippen LogP contribution is -2.59. The maximum atomic E-state index is 13.5. The van der Waals surface area contributed by atoms with Crippen molar-refractivity contribution in [1.82, 2.24) is 5.32 Å². The van der Waals surface area contributed by atoms with E-state index in [2.05, 4.69) is 5.32 Å². The molecule has 0 spiro atoms. The molecule has 1 heterocycles. The van der Waals surface area contributed by atoms with Gasteiger partial charge in [-0.3, -0.25) is 4.79 Å². The summed E-state index contributed by atoms with van der Waals surface area (Å²) in [5, 5.41) is 17.2. The van der Waals surface area contributed by atoms with Crippen molar-refractivity contribution < 1.29 is 9.44 Å². The van der Waals surface area contributed by atoms with Crippen molar-refractivity contribution in [3.63, 3.8) is 0 Å². The number of amides is 1. The molecule has 1 saturated carbocycles. The van der Waals surface area contributed by atoms with Gasteiger partial charge in [-0.05, 0) is 50.3 Å². The fraction of sp³-hybridized carbons (Fsp3) is 0.632. The maximum Gasteiger partial charge on any atom is 0.279 e. The lowest BCUT2D eigenvalue weighted by Gasteiger charge is -2.50. The van der Waals surface area contributed by atoms with Crippen molar-refractivity contribution in [2.75, 3.05) is 6.54 Å². The number of halogens is 1. The molecule has 1 aliphatic heterocycles. The van der Waals surface area contributed by atoms with Gasteiger partial charge in [0.2, 0.25) is 0 Å². The fourth-order valence-corrected chi connectivity index (χ4v) is 4.46. The summed E-state index contributed by atoms with van der Waals surface area (Å²) in [4.78, 5) is 12.8. The van der Waals surface area contributed by atoms with E-state index in [1.54, 1.807) is 0 Å². The van der Waals surface area contributed by atoms with Crippen LogP contribution >= 0.6 is 11.6 Å². The van der Waals surface area contributed by atoms with Crippen LogP contribution in [-0.2, 0) is 4.79 Å². The summed E-state index contributed by atoms with van der Waals surface area (Å²) >= 11 is 5.92. The number of hydrogen-bond acceptors (Lipinski definition) is 2. The van der Waals surface area contributed by atoms with Crippen molar-refractivity contribution in [2.24, 2.45) is 0 Å². The van der Waals surface area contributed by atoms with Crippen molar-refractivity contribution in [3.05, 3.63) is 40.1 Å². The van der Waals surface area contributed by atoms with Gasteiger partial charge in [0.05, 0.1) is 18.6 Å². The van der Waals surface area contributed by atoms with E-state index in [0.717, 1.165) is 37.7 Å². The highest BCUT2D eigenvalue weighted by atomic mass is 35.5. The molecule has 3 rings (SSSR count). The van der Waals surface area contributed by atoms with E-state index in [0.29, 0.717) is 18.0 Å². The van der Waals surface area contributed by atoms with Crippen LogP contribution in [0, 0.1) is 5.21 Å². The SMILES string of the molecule is C[C@@H](NC(=O)[C@@H]1CCC[N@@+]1([O-])C1CCCCC1)c1ccc(Cl)cc1. The smallest absolute Gasteiger partial charge is 0.279 e. The molecule has 1 aromatic carbocycles. The first kappa shape index (κ1) is 17.7. The van der Waals surface area contributed by atoms with Gasteiger partial charge in [-0.15, -0.1) is 0 Å². The van der Waals surface area contributed by atoms with Crippen LogP contribution in [0.25, 0.3) is 0 Å². The number of benzene rings is 1. The van der Waals surface area contributed by atoms with Gasteiger partial charge in [-0.2, -0.15) is 0 Å². The fourth-order valence-electron chi connectivity index (χ4n) is 4.34. The molecule has 0 unspecified atom stereocenters. The van der Waals surface area contributed by atoms with Crippen molar-refractivity contribution in [3.8, 4) is 0 Å². The maximum absolute atomic E-state index is 13.5. The Balaban J connectivity index is 1.67. The molecule has 24 heavy (non-hydrogen) atoms. The first-order chi connectivity index (χ1) is 11.5. The van der Waals surface area contributed by atoms with Gasteiger partial charge in [0.25, 0.3) is 5.91 Å². The third-order valence-electron chi connectivity index (χ3n) is 5.74. The standard InChI is InChI=1S/C19H27ClN2O2/c1-14(15-9-11-16(20)12-10-15)21-19(23)18-8-5-13-22(18,24)17-6-3-2-4-7-17/h9-12,14,17-18H,2-8,13H2,1H3,(H,21,23)/t14-,18+,22-/m1/s1. The zero-order valence-electron chi connectivity index (χ0n) is 14.3. The minimum atomic E-state index is -0.442. The Hall–Kier alpha value is -1.10. The highest BCUT2D eigenvalue weighted by Gasteiger charge is 2.45. The minimum Gasteiger partial charge on any atom is -0.632 e. The first-order valence-electron chi connectivity index (χ1n) is 9.15. The van der Waals surface area contributed by atoms with Crippen LogP contribution in [0.4, 0.5) is 0 Å². The summed E-state index contributed by atoms with van der Waals surface area (Å²) in [6, 6.07) is 7.04. The quantitative estimate of drug-likeness (QED) is 0.649. The zero-order valence-corrected chi connectivity index (χ0v) is 15.1. The average Bonchev–Trinajstić information content (AvgIpc) is 2.99. The molecule has 5 heteroatoms. The molecular formula is C19H27ClN2O2. The van der Waals surface area contributed by atoms with Gasteiger partial charge in [-0.25, -0.2) is 0 Å². The number of hydroxylamine groups is 3. The topological polar surface area (TPSA) is 52.2 Å². The van der Waals surface area contributed by atoms with Crippen LogP contribution in [0.15, 0.2) is 24.3 Å². The number of nitrogens with zero attached hydrogens (tertiary/aromatic N) is 1. The van der Waals surface area contributed by atoms with Crippen molar-refractivity contribution in [1.29, 1.82) is 0 Å². The molecule has 1 saturated heterocycles. The Bertz CT molecular complexity index is 571. The van der Waals surface area contributed by atoms with Crippen LogP contribution < -0.4 is 5.32 Å². The number of carbonyl (C=O) groups is 1. The van der Waals surface area contributed by atoms with Gasteiger partial charge in [0.1, 0.15) is 0 Å². The lowest BCUT2D eigenvalue weighted by molar-refractivity contribution is -0.909. The number of hydrogen-bond donors (Lipinski definition) is 1. The number of nitrogens with one attached hydrogen (secondary N) is 1. The van der Waals surface area contributed by atoms with Gasteiger partial charge >= 0.3 is 0 Å². The molecule has 132 valence electrons. The Kier molecular flexibility index (Phi) is 5.48. The molecule has 1 N–H and O–H groups in total. The molecule has 3 atom stereocenters. The average molecular weight is 351 g/mol. The van der Waals surface area contributed by atoms with Crippen LogP contribution in [0.2, 0.25) is 5.02 Å². The second kappa shape index (κ2) is 7.42. The van der Waals surface area contributed by atoms with Gasteiger partial charge in [-0.1, -0.05) is 30.2 Å². The van der Waals surface area contributed by atoms with Crippen molar-refractivity contribution >= 4 is 17.5 Å². The molecule has 1 amide bonds. The summed E-state index contributed by atoms with van der Waals surface area (Å²) in [7, 11) is 0. The summed E-state index contributed by atoms with van der Waals surface area (Å²) in [5.41, 5.74) is 1.01. The molecule has 1 aliphatic carbocycles. The first-order valence-corrected chi connectivity index (χ1v) is 9.53. The van der Waals surface area contributed by atoms with E-state index in [1.165, 1.54) is 6.42 Å². The second-order valence-corrected chi connectivity index (χ2v) is 7.75. The molecule has 0 bridgehead atoms. The van der Waals surface area contributed by atoms with Gasteiger partial charge < -0.3 is 15.2 Å². The number of likely N-dealkylation sites (tertiary alicyclic amines) is 1. The molecule has 0 radical (unpaired) electrons. The molecule has 1 aromatic rings. The minimum absolute atomic E-state index is 0.0875. The Morgan fingerprint density at radius 1 is 1.17 bits per heavy atom.